The second-order valence-electron chi connectivity index (χ2n) is 12.2. The molecular formula is C34H34F2N6O4. The van der Waals surface area contributed by atoms with Gasteiger partial charge in [-0.25, -0.2) is 13.8 Å². The van der Waals surface area contributed by atoms with E-state index in [1.165, 1.54) is 34.7 Å². The van der Waals surface area contributed by atoms with E-state index in [0.717, 1.165) is 17.8 Å². The van der Waals surface area contributed by atoms with E-state index in [1.54, 1.807) is 9.80 Å². The average molecular weight is 629 g/mol. The number of rotatable bonds is 4. The highest BCUT2D eigenvalue weighted by molar-refractivity contribution is 6.12. The molecule has 0 aliphatic carbocycles. The maximum atomic E-state index is 16.2. The number of hydrogen-bond acceptors (Lipinski definition) is 7. The normalized spacial score (nSPS) is 17.8. The minimum Gasteiger partial charge on any atom is -0.507 e. The Morgan fingerprint density at radius 2 is 1.78 bits per heavy atom. The highest BCUT2D eigenvalue weighted by Crippen LogP contribution is 2.43. The van der Waals surface area contributed by atoms with Gasteiger partial charge in [-0.2, -0.15) is 0 Å². The Kier molecular flexibility index (Phi) is 7.41. The molecule has 2 aliphatic heterocycles. The number of aromatic hydroxyl groups is 1. The number of halogens is 2. The van der Waals surface area contributed by atoms with E-state index >= 15 is 8.78 Å². The van der Waals surface area contributed by atoms with Crippen LogP contribution in [0.5, 0.6) is 5.75 Å². The molecule has 1 N–H and O–H groups in total. The van der Waals surface area contributed by atoms with Crippen molar-refractivity contribution in [3.05, 3.63) is 81.9 Å². The quantitative estimate of drug-likeness (QED) is 0.325. The molecule has 1 saturated heterocycles. The second-order valence-corrected chi connectivity index (χ2v) is 12.2. The SMILES string of the molecule is C=CC(=O)N1C[C@@H]2C(=O)N(C)c3c(c4cc(F)c(-c5c(O)cccc5F)nc4n(-c4c(C)cc(C)nc4C(C)C)c3=O)N2C[C@H]1C. The number of aromatic nitrogens is 3. The third-order valence-corrected chi connectivity index (χ3v) is 8.82. The van der Waals surface area contributed by atoms with Gasteiger partial charge in [0.05, 0.1) is 29.2 Å². The van der Waals surface area contributed by atoms with Crippen LogP contribution in [0.3, 0.4) is 0 Å². The summed E-state index contributed by atoms with van der Waals surface area (Å²) in [5.41, 5.74) is 1.17. The number of phenolic OH excluding ortho intramolecular Hbond substituents is 1. The smallest absolute Gasteiger partial charge is 0.283 e. The number of benzene rings is 1. The first-order chi connectivity index (χ1) is 21.8. The average Bonchev–Trinajstić information content (AvgIpc) is 2.99. The van der Waals surface area contributed by atoms with Crippen LogP contribution in [0.2, 0.25) is 0 Å². The van der Waals surface area contributed by atoms with Crippen LogP contribution < -0.4 is 15.4 Å². The molecule has 12 heteroatoms. The van der Waals surface area contributed by atoms with Gasteiger partial charge in [0.15, 0.2) is 11.5 Å². The number of nitrogens with zero attached hydrogens (tertiary/aromatic N) is 6. The van der Waals surface area contributed by atoms with E-state index in [-0.39, 0.29) is 53.4 Å². The minimum absolute atomic E-state index is 0.00259. The first-order valence-electron chi connectivity index (χ1n) is 15.0. The third-order valence-electron chi connectivity index (χ3n) is 8.82. The highest BCUT2D eigenvalue weighted by Gasteiger charge is 2.46. The molecule has 0 saturated carbocycles. The van der Waals surface area contributed by atoms with Crippen molar-refractivity contribution in [2.75, 3.05) is 29.9 Å². The number of fused-ring (bicyclic) bond motifs is 5. The van der Waals surface area contributed by atoms with Crippen molar-refractivity contribution in [3.63, 3.8) is 0 Å². The van der Waals surface area contributed by atoms with E-state index < -0.39 is 46.1 Å². The summed E-state index contributed by atoms with van der Waals surface area (Å²) in [6, 6.07) is 5.33. The molecule has 4 aromatic rings. The maximum absolute atomic E-state index is 16.2. The molecule has 2 aliphatic rings. The number of phenols is 1. The number of pyridine rings is 3. The Morgan fingerprint density at radius 1 is 1.07 bits per heavy atom. The molecule has 0 spiro atoms. The fraction of sp³-hybridized carbons (Fsp3) is 0.324. The van der Waals surface area contributed by atoms with Gasteiger partial charge < -0.3 is 19.8 Å². The number of piperazine rings is 1. The van der Waals surface area contributed by atoms with Crippen LogP contribution in [0, 0.1) is 25.5 Å². The monoisotopic (exact) mass is 628 g/mol. The molecule has 3 aromatic heterocycles. The Hall–Kier alpha value is -5.13. The Bertz CT molecular complexity index is 2020. The molecule has 10 nitrogen and oxygen atoms in total. The lowest BCUT2D eigenvalue weighted by Gasteiger charge is -2.49. The molecular weight excluding hydrogens is 594 g/mol. The van der Waals surface area contributed by atoms with Gasteiger partial charge in [0.25, 0.3) is 11.5 Å². The van der Waals surface area contributed by atoms with Crippen molar-refractivity contribution in [1.82, 2.24) is 19.4 Å². The summed E-state index contributed by atoms with van der Waals surface area (Å²) in [4.78, 5) is 55.2. The van der Waals surface area contributed by atoms with Gasteiger partial charge in [0, 0.05) is 30.7 Å². The lowest BCUT2D eigenvalue weighted by Crippen LogP contribution is -2.66. The van der Waals surface area contributed by atoms with Crippen molar-refractivity contribution in [2.24, 2.45) is 0 Å². The molecule has 5 heterocycles. The fourth-order valence-corrected chi connectivity index (χ4v) is 6.72. The van der Waals surface area contributed by atoms with Crippen LogP contribution in [-0.4, -0.2) is 68.6 Å². The van der Waals surface area contributed by atoms with E-state index in [9.17, 15) is 19.5 Å². The maximum Gasteiger partial charge on any atom is 0.283 e. The van der Waals surface area contributed by atoms with E-state index in [0.29, 0.717) is 16.9 Å². The molecule has 1 fully saturated rings. The highest BCUT2D eigenvalue weighted by atomic mass is 19.1. The third kappa shape index (κ3) is 4.53. The minimum atomic E-state index is -0.937. The summed E-state index contributed by atoms with van der Waals surface area (Å²) in [7, 11) is 1.48. The topological polar surface area (TPSA) is 112 Å². The number of hydrogen-bond donors (Lipinski definition) is 1. The molecule has 238 valence electrons. The summed E-state index contributed by atoms with van der Waals surface area (Å²) >= 11 is 0. The number of likely N-dealkylation sites (N-methyl/N-ethyl adjacent to an activating group) is 1. The lowest BCUT2D eigenvalue weighted by molar-refractivity contribution is -0.130. The standard InChI is InChI=1S/C34H34F2N6O4/c1-8-25(44)40-15-23-33(45)39(7)31-30(41(23)14-19(40)6)20-13-22(36)28(26-21(35)10-9-11-24(26)43)38-32(20)42(34(31)46)29-17(4)12-18(5)37-27(29)16(2)3/h8-13,16,19,23,43H,1,14-15H2,2-7H3/t19-,23-/m1/s1. The number of carbonyl (C=O) groups excluding carboxylic acids is 2. The molecule has 0 bridgehead atoms. The Morgan fingerprint density at radius 3 is 2.43 bits per heavy atom. The predicted octanol–water partition coefficient (Wildman–Crippen LogP) is 4.74. The first kappa shape index (κ1) is 30.9. The molecule has 0 unspecified atom stereocenters. The van der Waals surface area contributed by atoms with Crippen molar-refractivity contribution >= 4 is 34.2 Å². The van der Waals surface area contributed by atoms with Crippen LogP contribution in [0.1, 0.15) is 43.6 Å². The van der Waals surface area contributed by atoms with E-state index in [2.05, 4.69) is 11.6 Å². The van der Waals surface area contributed by atoms with Gasteiger partial charge in [-0.05, 0) is 62.6 Å². The molecule has 46 heavy (non-hydrogen) atoms. The molecule has 6 rings (SSSR count). The summed E-state index contributed by atoms with van der Waals surface area (Å²) in [6.07, 6.45) is 1.19. The van der Waals surface area contributed by atoms with Gasteiger partial charge in [-0.15, -0.1) is 0 Å². The number of anilines is 2. The van der Waals surface area contributed by atoms with Crippen molar-refractivity contribution in [3.8, 4) is 22.7 Å². The van der Waals surface area contributed by atoms with Crippen LogP contribution >= 0.6 is 0 Å². The summed E-state index contributed by atoms with van der Waals surface area (Å²) < 4.78 is 32.6. The van der Waals surface area contributed by atoms with Gasteiger partial charge in [-0.3, -0.25) is 23.9 Å². The molecule has 1 aromatic carbocycles. The second kappa shape index (κ2) is 11.0. The molecule has 2 atom stereocenters. The number of amides is 2. The summed E-state index contributed by atoms with van der Waals surface area (Å²) in [5.74, 6) is -3.24. The van der Waals surface area contributed by atoms with Gasteiger partial charge in [0.2, 0.25) is 5.91 Å². The van der Waals surface area contributed by atoms with Crippen molar-refractivity contribution in [1.29, 1.82) is 0 Å². The van der Waals surface area contributed by atoms with Crippen molar-refractivity contribution in [2.45, 2.75) is 52.6 Å². The van der Waals surface area contributed by atoms with Gasteiger partial charge in [0.1, 0.15) is 29.0 Å². The van der Waals surface area contributed by atoms with Gasteiger partial charge >= 0.3 is 0 Å². The zero-order valence-electron chi connectivity index (χ0n) is 26.4. The zero-order chi connectivity index (χ0) is 33.4. The fourth-order valence-electron chi connectivity index (χ4n) is 6.72. The molecule has 0 radical (unpaired) electrons. The van der Waals surface area contributed by atoms with Crippen LogP contribution in [0.25, 0.3) is 28.0 Å². The largest absolute Gasteiger partial charge is 0.507 e. The van der Waals surface area contributed by atoms with E-state index in [1.807, 2.05) is 40.7 Å². The van der Waals surface area contributed by atoms with E-state index in [4.69, 9.17) is 4.98 Å². The predicted molar refractivity (Wildman–Crippen MR) is 172 cm³/mol. The molecule has 2 amide bonds. The number of carbonyl (C=O) groups is 2. The van der Waals surface area contributed by atoms with Crippen LogP contribution in [0.4, 0.5) is 20.2 Å². The number of aryl methyl sites for hydroxylation is 2. The summed E-state index contributed by atoms with van der Waals surface area (Å²) in [6.45, 7) is 13.1. The van der Waals surface area contributed by atoms with Crippen LogP contribution in [0.15, 0.2) is 47.8 Å². The zero-order valence-corrected chi connectivity index (χ0v) is 26.4. The van der Waals surface area contributed by atoms with Crippen molar-refractivity contribution < 1.29 is 23.5 Å². The Balaban J connectivity index is 1.77. The first-order valence-corrected chi connectivity index (χ1v) is 15.0. The lowest BCUT2D eigenvalue weighted by atomic mass is 9.97. The Labute approximate surface area is 264 Å². The summed E-state index contributed by atoms with van der Waals surface area (Å²) in [5, 5.41) is 10.8. The van der Waals surface area contributed by atoms with Gasteiger partial charge in [-0.1, -0.05) is 26.5 Å². The van der Waals surface area contributed by atoms with Crippen LogP contribution in [-0.2, 0) is 9.59 Å².